The van der Waals surface area contributed by atoms with Gasteiger partial charge in [0.25, 0.3) is 0 Å². The molecule has 0 bridgehead atoms. The number of nitrogens with zero attached hydrogens (tertiary/aromatic N) is 6. The fraction of sp³-hybridized carbons (Fsp3) is 0.0600. The van der Waals surface area contributed by atoms with Crippen molar-refractivity contribution in [3.63, 3.8) is 0 Å². The zero-order chi connectivity index (χ0) is 38.0. The van der Waals surface area contributed by atoms with Crippen molar-refractivity contribution in [3.8, 4) is 33.6 Å². The van der Waals surface area contributed by atoms with Crippen LogP contribution in [0.5, 0.6) is 0 Å². The normalized spacial score (nSPS) is 13.1. The van der Waals surface area contributed by atoms with E-state index in [1.54, 1.807) is 18.5 Å². The molecule has 0 amide bonds. The first-order valence-corrected chi connectivity index (χ1v) is 18.7. The second-order valence-corrected chi connectivity index (χ2v) is 14.7. The predicted octanol–water partition coefficient (Wildman–Crippen LogP) is 12.8. The number of aromatic nitrogens is 4. The fourth-order valence-electron chi connectivity index (χ4n) is 8.56. The van der Waals surface area contributed by atoms with E-state index in [0.717, 1.165) is 61.7 Å². The first-order valence-electron chi connectivity index (χ1n) is 18.7. The van der Waals surface area contributed by atoms with Crippen LogP contribution in [0, 0.1) is 0 Å². The summed E-state index contributed by atoms with van der Waals surface area (Å²) >= 11 is 0. The van der Waals surface area contributed by atoms with Crippen molar-refractivity contribution in [3.05, 3.63) is 175 Å². The third-order valence-corrected chi connectivity index (χ3v) is 11.3. The Morgan fingerprint density at radius 1 is 0.607 bits per heavy atom. The van der Waals surface area contributed by atoms with E-state index in [0.29, 0.717) is 5.82 Å². The van der Waals surface area contributed by atoms with Gasteiger partial charge in [-0.1, -0.05) is 124 Å². The molecule has 6 aromatic carbocycles. The monoisotopic (exact) mass is 720 g/mol. The molecule has 56 heavy (non-hydrogen) atoms. The molecular formula is C50H36N6. The van der Waals surface area contributed by atoms with Gasteiger partial charge in [0.1, 0.15) is 11.6 Å². The first-order chi connectivity index (χ1) is 27.5. The smallest absolute Gasteiger partial charge is 0.159 e. The van der Waals surface area contributed by atoms with Crippen molar-refractivity contribution in [2.75, 3.05) is 4.90 Å². The molecule has 6 nitrogen and oxygen atoms in total. The second-order valence-electron chi connectivity index (χ2n) is 14.7. The Hall–Kier alpha value is -7.31. The number of benzene rings is 6. The van der Waals surface area contributed by atoms with Crippen LogP contribution in [-0.4, -0.2) is 26.7 Å². The van der Waals surface area contributed by atoms with Crippen LogP contribution in [0.3, 0.4) is 0 Å². The highest BCUT2D eigenvalue weighted by molar-refractivity contribution is 6.21. The highest BCUT2D eigenvalue weighted by Gasteiger charge is 2.38. The number of hydrogen-bond acceptors (Lipinski definition) is 6. The molecule has 9 aromatic rings. The highest BCUT2D eigenvalue weighted by Crippen LogP contribution is 2.53. The summed E-state index contributed by atoms with van der Waals surface area (Å²) in [6, 6.07) is 47.3. The Bertz CT molecular complexity index is 2980. The maximum absolute atomic E-state index is 5.24. The summed E-state index contributed by atoms with van der Waals surface area (Å²) in [6.45, 7) is 12.5. The predicted molar refractivity (Wildman–Crippen MR) is 233 cm³/mol. The minimum absolute atomic E-state index is 0.359. The lowest BCUT2D eigenvalue weighted by atomic mass is 9.73. The van der Waals surface area contributed by atoms with Crippen LogP contribution in [0.2, 0.25) is 0 Å². The van der Waals surface area contributed by atoms with Gasteiger partial charge in [0, 0.05) is 46.1 Å². The third-order valence-electron chi connectivity index (χ3n) is 11.3. The number of anilines is 3. The van der Waals surface area contributed by atoms with Gasteiger partial charge in [0.05, 0.1) is 16.9 Å². The molecular weight excluding hydrogens is 685 g/mol. The van der Waals surface area contributed by atoms with Gasteiger partial charge in [-0.3, -0.25) is 9.89 Å². The molecule has 266 valence electrons. The van der Waals surface area contributed by atoms with Crippen LogP contribution in [-0.2, 0) is 5.41 Å². The Balaban J connectivity index is 1.18. The highest BCUT2D eigenvalue weighted by atomic mass is 15.3. The number of pyridine rings is 2. The van der Waals surface area contributed by atoms with Crippen LogP contribution >= 0.6 is 0 Å². The summed E-state index contributed by atoms with van der Waals surface area (Å²) in [5, 5.41) is 5.78. The molecule has 3 aromatic heterocycles. The van der Waals surface area contributed by atoms with Crippen molar-refractivity contribution in [2.24, 2.45) is 4.99 Å². The van der Waals surface area contributed by atoms with E-state index in [9.17, 15) is 0 Å². The number of aliphatic imine (C=N–C) groups is 1. The van der Waals surface area contributed by atoms with Crippen molar-refractivity contribution in [1.82, 2.24) is 19.9 Å². The minimum Gasteiger partial charge on any atom is -0.278 e. The summed E-state index contributed by atoms with van der Waals surface area (Å²) in [5.74, 6) is 2.34. The summed E-state index contributed by atoms with van der Waals surface area (Å²) < 4.78 is 0. The van der Waals surface area contributed by atoms with Crippen LogP contribution < -0.4 is 4.90 Å². The van der Waals surface area contributed by atoms with E-state index < -0.39 is 0 Å². The molecule has 6 heteroatoms. The zero-order valence-corrected chi connectivity index (χ0v) is 31.1. The van der Waals surface area contributed by atoms with Crippen molar-refractivity contribution in [1.29, 1.82) is 0 Å². The Morgan fingerprint density at radius 2 is 1.21 bits per heavy atom. The van der Waals surface area contributed by atoms with Crippen molar-refractivity contribution < 1.29 is 0 Å². The van der Waals surface area contributed by atoms with Gasteiger partial charge in [-0.15, -0.1) is 0 Å². The first kappa shape index (κ1) is 33.3. The number of rotatable bonds is 6. The molecule has 4 heterocycles. The largest absolute Gasteiger partial charge is 0.278 e. The number of fused-ring (bicyclic) bond motifs is 5. The maximum atomic E-state index is 5.24. The van der Waals surface area contributed by atoms with Crippen LogP contribution in [0.15, 0.2) is 164 Å². The van der Waals surface area contributed by atoms with Crippen LogP contribution in [0.25, 0.3) is 72.2 Å². The van der Waals surface area contributed by atoms with Gasteiger partial charge in [-0.2, -0.15) is 0 Å². The molecule has 0 fully saturated rings. The van der Waals surface area contributed by atoms with Gasteiger partial charge < -0.3 is 0 Å². The quantitative estimate of drug-likeness (QED) is 0.126. The minimum atomic E-state index is -0.359. The maximum Gasteiger partial charge on any atom is 0.159 e. The lowest BCUT2D eigenvalue weighted by molar-refractivity contribution is 0.627. The summed E-state index contributed by atoms with van der Waals surface area (Å²) in [4.78, 5) is 25.7. The molecule has 1 aliphatic rings. The average molecular weight is 721 g/mol. The zero-order valence-electron chi connectivity index (χ0n) is 31.1. The fourth-order valence-corrected chi connectivity index (χ4v) is 8.56. The molecule has 0 unspecified atom stereocenters. The lowest BCUT2D eigenvalue weighted by Gasteiger charge is -2.40. The van der Waals surface area contributed by atoms with E-state index in [1.807, 2.05) is 24.4 Å². The molecule has 0 saturated carbocycles. The van der Waals surface area contributed by atoms with E-state index >= 15 is 0 Å². The standard InChI is InChI=1S/C50H36N6/c1-5-31-17-20-33-24-26-43(55-47(33)46(31)51-4)56-42-25-23-35(30-41(42)50(2,3)40-16-10-27-54-49(40)56)45-38-14-8-6-12-36(38)44(37-13-7-9-15-39(37)45)32-18-21-34(22-19-32)48-52-28-11-29-53-48/h5-30H,1,4H2,2-3H3. The Labute approximate surface area is 325 Å². The van der Waals surface area contributed by atoms with Gasteiger partial charge in [0.15, 0.2) is 5.82 Å². The summed E-state index contributed by atoms with van der Waals surface area (Å²) in [5.41, 5.74) is 11.1. The van der Waals surface area contributed by atoms with Gasteiger partial charge in [-0.05, 0) is 92.5 Å². The van der Waals surface area contributed by atoms with Crippen LogP contribution in [0.4, 0.5) is 23.0 Å². The van der Waals surface area contributed by atoms with E-state index in [1.165, 1.54) is 38.2 Å². The summed E-state index contributed by atoms with van der Waals surface area (Å²) in [6.07, 6.45) is 7.21. The SMILES string of the molecule is C=Cc1ccc2ccc(N3c4ccc(-c5c6ccccc6c(-c6ccc(-c7ncccn7)cc6)c6ccccc56)cc4C(C)(C)c4cccnc43)nc2c1N=C. The molecule has 0 N–H and O–H groups in total. The second kappa shape index (κ2) is 12.9. The molecule has 10 rings (SSSR count). The van der Waals surface area contributed by atoms with Crippen LogP contribution in [0.1, 0.15) is 30.5 Å². The van der Waals surface area contributed by atoms with Crippen molar-refractivity contribution >= 4 is 68.3 Å². The molecule has 0 saturated heterocycles. The molecule has 0 spiro atoms. The molecule has 0 atom stereocenters. The van der Waals surface area contributed by atoms with E-state index in [-0.39, 0.29) is 5.41 Å². The van der Waals surface area contributed by atoms with Gasteiger partial charge in [-0.25, -0.2) is 19.9 Å². The molecule has 0 aliphatic carbocycles. The average Bonchev–Trinajstić information content (AvgIpc) is 3.25. The van der Waals surface area contributed by atoms with Gasteiger partial charge >= 0.3 is 0 Å². The molecule has 1 aliphatic heterocycles. The summed E-state index contributed by atoms with van der Waals surface area (Å²) in [7, 11) is 0. The van der Waals surface area contributed by atoms with Crippen molar-refractivity contribution in [2.45, 2.75) is 19.3 Å². The topological polar surface area (TPSA) is 67.2 Å². The third kappa shape index (κ3) is 5.07. The Kier molecular flexibility index (Phi) is 7.68. The van der Waals surface area contributed by atoms with E-state index in [2.05, 4.69) is 162 Å². The number of hydrogen-bond donors (Lipinski definition) is 0. The molecule has 0 radical (unpaired) electrons. The van der Waals surface area contributed by atoms with E-state index in [4.69, 9.17) is 9.97 Å². The van der Waals surface area contributed by atoms with Gasteiger partial charge in [0.2, 0.25) is 0 Å². The lowest BCUT2D eigenvalue weighted by Crippen LogP contribution is -2.31. The Morgan fingerprint density at radius 3 is 1.88 bits per heavy atom.